The van der Waals surface area contributed by atoms with E-state index in [-0.39, 0.29) is 0 Å². The third-order valence-electron chi connectivity index (χ3n) is 3.37. The lowest BCUT2D eigenvalue weighted by Gasteiger charge is -2.24. The Morgan fingerprint density at radius 3 is 2.88 bits per heavy atom. The first kappa shape index (κ1) is 12.4. The maximum atomic E-state index is 5.74. The van der Waals surface area contributed by atoms with Crippen LogP contribution in [0.5, 0.6) is 5.88 Å². The van der Waals surface area contributed by atoms with Gasteiger partial charge in [0, 0.05) is 18.3 Å². The Labute approximate surface area is 104 Å². The zero-order valence-electron chi connectivity index (χ0n) is 10.8. The number of aryl methyl sites for hydroxylation is 1. The average Bonchev–Trinajstić information content (AvgIpc) is 2.21. The number of nitrogens with one attached hydrogen (secondary N) is 1. The zero-order valence-corrected chi connectivity index (χ0v) is 10.8. The highest BCUT2D eigenvalue weighted by Crippen LogP contribution is 2.29. The Balaban J connectivity index is 1.85. The van der Waals surface area contributed by atoms with Gasteiger partial charge in [0.25, 0.3) is 0 Å². The quantitative estimate of drug-likeness (QED) is 0.821. The maximum Gasteiger partial charge on any atom is 0.213 e. The molecule has 1 heterocycles. The fourth-order valence-corrected chi connectivity index (χ4v) is 2.20. The Hall–Kier alpha value is -1.09. The van der Waals surface area contributed by atoms with Gasteiger partial charge < -0.3 is 10.1 Å². The van der Waals surface area contributed by atoms with E-state index in [2.05, 4.69) is 16.4 Å². The molecule has 1 aliphatic carbocycles. The van der Waals surface area contributed by atoms with E-state index in [1.54, 1.807) is 0 Å². The van der Waals surface area contributed by atoms with Crippen molar-refractivity contribution in [2.24, 2.45) is 5.92 Å². The molecule has 1 aromatic rings. The summed E-state index contributed by atoms with van der Waals surface area (Å²) in [6.45, 7) is 3.68. The molecular weight excluding hydrogens is 212 g/mol. The van der Waals surface area contributed by atoms with E-state index >= 15 is 0 Å². The summed E-state index contributed by atoms with van der Waals surface area (Å²) in [4.78, 5) is 4.41. The summed E-state index contributed by atoms with van der Waals surface area (Å²) >= 11 is 0. The van der Waals surface area contributed by atoms with Crippen molar-refractivity contribution in [3.05, 3.63) is 23.4 Å². The molecule has 2 rings (SSSR count). The number of nitrogens with zero attached hydrogens (tertiary/aromatic N) is 1. The zero-order chi connectivity index (χ0) is 12.1. The lowest BCUT2D eigenvalue weighted by Crippen LogP contribution is -2.15. The van der Waals surface area contributed by atoms with E-state index in [0.717, 1.165) is 30.6 Å². The summed E-state index contributed by atoms with van der Waals surface area (Å²) in [7, 11) is 1.95. The molecule has 0 atom stereocenters. The fourth-order valence-electron chi connectivity index (χ4n) is 2.20. The van der Waals surface area contributed by atoms with E-state index in [4.69, 9.17) is 4.74 Å². The van der Waals surface area contributed by atoms with Gasteiger partial charge in [0.2, 0.25) is 5.88 Å². The summed E-state index contributed by atoms with van der Waals surface area (Å²) in [5.41, 5.74) is 2.26. The molecular formula is C14H22N2O. The molecule has 1 aromatic heterocycles. The SMILES string of the molecule is CNCc1cc(C)nc(OCCC2CCC2)c1. The second-order valence-corrected chi connectivity index (χ2v) is 4.92. The van der Waals surface area contributed by atoms with Gasteiger partial charge in [-0.05, 0) is 37.9 Å². The van der Waals surface area contributed by atoms with Gasteiger partial charge in [0.05, 0.1) is 6.61 Å². The highest BCUT2D eigenvalue weighted by molar-refractivity contribution is 5.24. The Kier molecular flexibility index (Phi) is 4.37. The number of aromatic nitrogens is 1. The molecule has 1 fully saturated rings. The van der Waals surface area contributed by atoms with E-state index in [9.17, 15) is 0 Å². The first-order chi connectivity index (χ1) is 8.28. The molecule has 0 aromatic carbocycles. The van der Waals surface area contributed by atoms with Gasteiger partial charge in [0.15, 0.2) is 0 Å². The summed E-state index contributed by atoms with van der Waals surface area (Å²) in [6.07, 6.45) is 5.35. The largest absolute Gasteiger partial charge is 0.478 e. The minimum atomic E-state index is 0.773. The maximum absolute atomic E-state index is 5.74. The summed E-state index contributed by atoms with van der Waals surface area (Å²) in [5.74, 6) is 1.67. The van der Waals surface area contributed by atoms with Crippen LogP contribution in [0.1, 0.15) is 36.9 Å². The predicted molar refractivity (Wildman–Crippen MR) is 69.2 cm³/mol. The highest BCUT2D eigenvalue weighted by Gasteiger charge is 2.16. The Morgan fingerprint density at radius 2 is 2.24 bits per heavy atom. The van der Waals surface area contributed by atoms with Gasteiger partial charge >= 0.3 is 0 Å². The van der Waals surface area contributed by atoms with Gasteiger partial charge in [-0.3, -0.25) is 0 Å². The van der Waals surface area contributed by atoms with Crippen LogP contribution in [-0.2, 0) is 6.54 Å². The number of pyridine rings is 1. The first-order valence-electron chi connectivity index (χ1n) is 6.53. The van der Waals surface area contributed by atoms with Crippen molar-refractivity contribution < 1.29 is 4.74 Å². The normalized spacial score (nSPS) is 15.6. The second-order valence-electron chi connectivity index (χ2n) is 4.92. The number of rotatable bonds is 6. The lowest BCUT2D eigenvalue weighted by molar-refractivity contribution is 0.217. The van der Waals surface area contributed by atoms with Crippen LogP contribution in [0.2, 0.25) is 0 Å². The second kappa shape index (κ2) is 6.01. The van der Waals surface area contributed by atoms with Crippen LogP contribution in [0.4, 0.5) is 0 Å². The molecule has 0 unspecified atom stereocenters. The van der Waals surface area contributed by atoms with Gasteiger partial charge in [-0.2, -0.15) is 0 Å². The smallest absolute Gasteiger partial charge is 0.213 e. The molecule has 0 spiro atoms. The van der Waals surface area contributed by atoms with Crippen LogP contribution in [-0.4, -0.2) is 18.6 Å². The lowest BCUT2D eigenvalue weighted by atomic mass is 9.83. The molecule has 1 N–H and O–H groups in total. The molecule has 0 amide bonds. The van der Waals surface area contributed by atoms with Crippen LogP contribution in [0.15, 0.2) is 12.1 Å². The minimum Gasteiger partial charge on any atom is -0.478 e. The third-order valence-corrected chi connectivity index (χ3v) is 3.37. The molecule has 94 valence electrons. The van der Waals surface area contributed by atoms with Crippen molar-refractivity contribution in [3.63, 3.8) is 0 Å². The van der Waals surface area contributed by atoms with Crippen molar-refractivity contribution in [1.29, 1.82) is 0 Å². The molecule has 3 heteroatoms. The fraction of sp³-hybridized carbons (Fsp3) is 0.643. The number of ether oxygens (including phenoxy) is 1. The first-order valence-corrected chi connectivity index (χ1v) is 6.53. The Bertz CT molecular complexity index is 361. The van der Waals surface area contributed by atoms with E-state index in [1.165, 1.54) is 31.2 Å². The van der Waals surface area contributed by atoms with E-state index < -0.39 is 0 Å². The molecule has 1 aliphatic rings. The molecule has 17 heavy (non-hydrogen) atoms. The van der Waals surface area contributed by atoms with E-state index in [0.29, 0.717) is 0 Å². The standard InChI is InChI=1S/C14H22N2O/c1-11-8-13(10-15-2)9-14(16-11)17-7-6-12-4-3-5-12/h8-9,12,15H,3-7,10H2,1-2H3. The number of hydrogen-bond donors (Lipinski definition) is 1. The monoisotopic (exact) mass is 234 g/mol. The molecule has 0 saturated heterocycles. The van der Waals surface area contributed by atoms with Crippen LogP contribution >= 0.6 is 0 Å². The van der Waals surface area contributed by atoms with Crippen molar-refractivity contribution >= 4 is 0 Å². The van der Waals surface area contributed by atoms with Crippen LogP contribution in [0.25, 0.3) is 0 Å². The molecule has 0 aliphatic heterocycles. The summed E-state index contributed by atoms with van der Waals surface area (Å²) in [5, 5.41) is 3.15. The highest BCUT2D eigenvalue weighted by atomic mass is 16.5. The van der Waals surface area contributed by atoms with Crippen LogP contribution < -0.4 is 10.1 Å². The average molecular weight is 234 g/mol. The van der Waals surface area contributed by atoms with Crippen molar-refractivity contribution in [1.82, 2.24) is 10.3 Å². The van der Waals surface area contributed by atoms with Gasteiger partial charge in [-0.25, -0.2) is 4.98 Å². The third kappa shape index (κ3) is 3.70. The minimum absolute atomic E-state index is 0.773. The summed E-state index contributed by atoms with van der Waals surface area (Å²) in [6, 6.07) is 4.12. The predicted octanol–water partition coefficient (Wildman–Crippen LogP) is 2.68. The van der Waals surface area contributed by atoms with Crippen LogP contribution in [0, 0.1) is 12.8 Å². The molecule has 3 nitrogen and oxygen atoms in total. The Morgan fingerprint density at radius 1 is 1.41 bits per heavy atom. The topological polar surface area (TPSA) is 34.2 Å². The van der Waals surface area contributed by atoms with Gasteiger partial charge in [0.1, 0.15) is 0 Å². The van der Waals surface area contributed by atoms with Crippen molar-refractivity contribution in [2.45, 2.75) is 39.2 Å². The van der Waals surface area contributed by atoms with Gasteiger partial charge in [-0.1, -0.05) is 19.3 Å². The molecule has 1 saturated carbocycles. The van der Waals surface area contributed by atoms with Gasteiger partial charge in [-0.15, -0.1) is 0 Å². The van der Waals surface area contributed by atoms with Crippen LogP contribution in [0.3, 0.4) is 0 Å². The van der Waals surface area contributed by atoms with E-state index in [1.807, 2.05) is 20.0 Å². The number of hydrogen-bond acceptors (Lipinski definition) is 3. The summed E-state index contributed by atoms with van der Waals surface area (Å²) < 4.78 is 5.74. The molecule has 0 bridgehead atoms. The van der Waals surface area contributed by atoms with Crippen molar-refractivity contribution in [3.8, 4) is 5.88 Å². The molecule has 0 radical (unpaired) electrons. The van der Waals surface area contributed by atoms with Crippen molar-refractivity contribution in [2.75, 3.05) is 13.7 Å².